The minimum absolute atomic E-state index is 0.0833. The van der Waals surface area contributed by atoms with Crippen LogP contribution in [0.2, 0.25) is 0 Å². The molecule has 16 heavy (non-hydrogen) atoms. The number of H-pyrrole nitrogens is 1. The second-order valence-electron chi connectivity index (χ2n) is 3.38. The maximum absolute atomic E-state index is 10.4. The van der Waals surface area contributed by atoms with Crippen molar-refractivity contribution in [3.05, 3.63) is 36.5 Å². The van der Waals surface area contributed by atoms with Gasteiger partial charge in [0.05, 0.1) is 18.3 Å². The van der Waals surface area contributed by atoms with Crippen LogP contribution in [-0.4, -0.2) is 26.0 Å². The van der Waals surface area contributed by atoms with E-state index in [2.05, 4.69) is 15.0 Å². The fourth-order valence-electron chi connectivity index (χ4n) is 1.38. The van der Waals surface area contributed by atoms with Gasteiger partial charge in [0, 0.05) is 24.4 Å². The van der Waals surface area contributed by atoms with Crippen LogP contribution in [0.3, 0.4) is 0 Å². The molecule has 0 aliphatic carbocycles. The summed E-state index contributed by atoms with van der Waals surface area (Å²) in [4.78, 5) is 21.6. The van der Waals surface area contributed by atoms with E-state index >= 15 is 0 Å². The first-order valence-electron chi connectivity index (χ1n) is 4.92. The number of hydrogen-bond donors (Lipinski definition) is 2. The molecule has 0 unspecified atom stereocenters. The van der Waals surface area contributed by atoms with Gasteiger partial charge in [-0.2, -0.15) is 0 Å². The average molecular weight is 217 g/mol. The molecule has 0 aromatic carbocycles. The quantitative estimate of drug-likeness (QED) is 0.813. The molecule has 82 valence electrons. The van der Waals surface area contributed by atoms with Gasteiger partial charge in [-0.25, -0.2) is 4.98 Å². The normalized spacial score (nSPS) is 10.2. The number of hydrogen-bond acceptors (Lipinski definition) is 3. The highest BCUT2D eigenvalue weighted by atomic mass is 16.4. The number of aromatic nitrogens is 3. The van der Waals surface area contributed by atoms with Gasteiger partial charge >= 0.3 is 5.97 Å². The van der Waals surface area contributed by atoms with Crippen LogP contribution in [0.1, 0.15) is 12.2 Å². The van der Waals surface area contributed by atoms with Crippen molar-refractivity contribution in [1.29, 1.82) is 0 Å². The number of pyridine rings is 1. The summed E-state index contributed by atoms with van der Waals surface area (Å²) in [6, 6.07) is 3.76. The summed E-state index contributed by atoms with van der Waals surface area (Å²) in [6.45, 7) is 0. The standard InChI is InChI=1S/C11H11N3O2/c15-11(16)4-3-10-13-7-9(14-10)8-2-1-5-12-6-8/h1-2,5-7H,3-4H2,(H,13,14)(H,15,16). The number of aromatic amines is 1. The highest BCUT2D eigenvalue weighted by Gasteiger charge is 2.05. The monoisotopic (exact) mass is 217 g/mol. The molecule has 2 aromatic heterocycles. The van der Waals surface area contributed by atoms with E-state index in [1.54, 1.807) is 18.6 Å². The number of rotatable bonds is 4. The number of carboxylic acid groups (broad SMARTS) is 1. The zero-order valence-corrected chi connectivity index (χ0v) is 8.55. The van der Waals surface area contributed by atoms with Crippen LogP contribution in [0.15, 0.2) is 30.7 Å². The van der Waals surface area contributed by atoms with E-state index in [1.807, 2.05) is 12.1 Å². The fourth-order valence-corrected chi connectivity index (χ4v) is 1.38. The lowest BCUT2D eigenvalue weighted by atomic mass is 10.2. The molecule has 5 heteroatoms. The molecule has 0 atom stereocenters. The van der Waals surface area contributed by atoms with Crippen molar-refractivity contribution >= 4 is 5.97 Å². The Kier molecular flexibility index (Phi) is 2.95. The van der Waals surface area contributed by atoms with Crippen molar-refractivity contribution in [1.82, 2.24) is 15.0 Å². The molecule has 0 aliphatic heterocycles. The van der Waals surface area contributed by atoms with Gasteiger partial charge in [0.15, 0.2) is 0 Å². The van der Waals surface area contributed by atoms with E-state index < -0.39 is 5.97 Å². The van der Waals surface area contributed by atoms with Crippen molar-refractivity contribution < 1.29 is 9.90 Å². The van der Waals surface area contributed by atoms with E-state index in [-0.39, 0.29) is 6.42 Å². The molecule has 0 fully saturated rings. The third kappa shape index (κ3) is 2.44. The Morgan fingerprint density at radius 1 is 1.44 bits per heavy atom. The number of carbonyl (C=O) groups is 1. The van der Waals surface area contributed by atoms with Gasteiger partial charge < -0.3 is 10.1 Å². The Morgan fingerprint density at radius 2 is 2.31 bits per heavy atom. The average Bonchev–Trinajstić information content (AvgIpc) is 2.76. The van der Waals surface area contributed by atoms with Crippen LogP contribution in [0.5, 0.6) is 0 Å². The van der Waals surface area contributed by atoms with E-state index in [0.717, 1.165) is 11.3 Å². The SMILES string of the molecule is O=C(O)CCc1ncc(-c2cccnc2)[nH]1. The van der Waals surface area contributed by atoms with E-state index in [4.69, 9.17) is 5.11 Å². The first-order valence-corrected chi connectivity index (χ1v) is 4.92. The predicted molar refractivity (Wildman–Crippen MR) is 57.8 cm³/mol. The molecule has 5 nitrogen and oxygen atoms in total. The number of nitrogens with one attached hydrogen (secondary N) is 1. The molecule has 0 amide bonds. The number of aryl methyl sites for hydroxylation is 1. The van der Waals surface area contributed by atoms with Gasteiger partial charge in [0.25, 0.3) is 0 Å². The van der Waals surface area contributed by atoms with Crippen LogP contribution < -0.4 is 0 Å². The summed E-state index contributed by atoms with van der Waals surface area (Å²) in [5.41, 5.74) is 1.80. The topological polar surface area (TPSA) is 78.9 Å². The van der Waals surface area contributed by atoms with Gasteiger partial charge in [0.1, 0.15) is 5.82 Å². The number of aliphatic carboxylic acids is 1. The third-order valence-corrected chi connectivity index (χ3v) is 2.18. The fraction of sp³-hybridized carbons (Fsp3) is 0.182. The molecule has 0 spiro atoms. The van der Waals surface area contributed by atoms with Crippen molar-refractivity contribution in [2.24, 2.45) is 0 Å². The molecule has 0 radical (unpaired) electrons. The van der Waals surface area contributed by atoms with Crippen LogP contribution in [-0.2, 0) is 11.2 Å². The van der Waals surface area contributed by atoms with E-state index in [1.165, 1.54) is 0 Å². The van der Waals surface area contributed by atoms with Gasteiger partial charge in [-0.1, -0.05) is 0 Å². The van der Waals surface area contributed by atoms with Crippen LogP contribution >= 0.6 is 0 Å². The Balaban J connectivity index is 2.11. The summed E-state index contributed by atoms with van der Waals surface area (Å²) in [7, 11) is 0. The highest BCUT2D eigenvalue weighted by molar-refractivity contribution is 5.67. The molecular formula is C11H11N3O2. The molecule has 2 aromatic rings. The smallest absolute Gasteiger partial charge is 0.303 e. The first-order chi connectivity index (χ1) is 7.75. The Labute approximate surface area is 92.2 Å². The molecule has 0 aliphatic rings. The predicted octanol–water partition coefficient (Wildman–Crippen LogP) is 1.49. The van der Waals surface area contributed by atoms with Crippen LogP contribution in [0.4, 0.5) is 0 Å². The van der Waals surface area contributed by atoms with Crippen molar-refractivity contribution in [2.45, 2.75) is 12.8 Å². The van der Waals surface area contributed by atoms with Gasteiger partial charge in [-0.05, 0) is 12.1 Å². The first kappa shape index (κ1) is 10.4. The van der Waals surface area contributed by atoms with E-state index in [0.29, 0.717) is 12.2 Å². The second-order valence-corrected chi connectivity index (χ2v) is 3.38. The zero-order chi connectivity index (χ0) is 11.4. The summed E-state index contributed by atoms with van der Waals surface area (Å²) in [5.74, 6) is -0.138. The molecule has 2 N–H and O–H groups in total. The zero-order valence-electron chi connectivity index (χ0n) is 8.55. The molecular weight excluding hydrogens is 206 g/mol. The Morgan fingerprint density at radius 3 is 3.00 bits per heavy atom. The Bertz CT molecular complexity index is 479. The van der Waals surface area contributed by atoms with Gasteiger partial charge in [-0.3, -0.25) is 9.78 Å². The van der Waals surface area contributed by atoms with Gasteiger partial charge in [-0.15, -0.1) is 0 Å². The minimum Gasteiger partial charge on any atom is -0.481 e. The maximum Gasteiger partial charge on any atom is 0.303 e. The molecule has 2 heterocycles. The largest absolute Gasteiger partial charge is 0.481 e. The summed E-state index contributed by atoms with van der Waals surface area (Å²) in [6.07, 6.45) is 5.61. The van der Waals surface area contributed by atoms with Gasteiger partial charge in [0.2, 0.25) is 0 Å². The number of nitrogens with zero attached hydrogens (tertiary/aromatic N) is 2. The lowest BCUT2D eigenvalue weighted by Gasteiger charge is -1.95. The summed E-state index contributed by atoms with van der Waals surface area (Å²) < 4.78 is 0. The Hall–Kier alpha value is -2.17. The highest BCUT2D eigenvalue weighted by Crippen LogP contribution is 2.15. The van der Waals surface area contributed by atoms with Crippen molar-refractivity contribution in [2.75, 3.05) is 0 Å². The van der Waals surface area contributed by atoms with Crippen molar-refractivity contribution in [3.63, 3.8) is 0 Å². The van der Waals surface area contributed by atoms with Crippen LogP contribution in [0.25, 0.3) is 11.3 Å². The molecule has 2 rings (SSSR count). The van der Waals surface area contributed by atoms with Crippen molar-refractivity contribution in [3.8, 4) is 11.3 Å². The second kappa shape index (κ2) is 4.57. The number of carboxylic acids is 1. The van der Waals surface area contributed by atoms with Crippen LogP contribution in [0, 0.1) is 0 Å². The molecule has 0 saturated heterocycles. The molecule has 0 bridgehead atoms. The summed E-state index contributed by atoms with van der Waals surface area (Å²) in [5, 5.41) is 8.55. The molecule has 0 saturated carbocycles. The lowest BCUT2D eigenvalue weighted by molar-refractivity contribution is -0.137. The third-order valence-electron chi connectivity index (χ3n) is 2.18. The van der Waals surface area contributed by atoms with E-state index in [9.17, 15) is 4.79 Å². The lowest BCUT2D eigenvalue weighted by Crippen LogP contribution is -1.98. The number of imidazole rings is 1. The summed E-state index contributed by atoms with van der Waals surface area (Å²) >= 11 is 0. The maximum atomic E-state index is 10.4. The minimum atomic E-state index is -0.820.